The van der Waals surface area contributed by atoms with E-state index in [1.165, 1.54) is 12.4 Å². The second-order valence-electron chi connectivity index (χ2n) is 7.27. The topological polar surface area (TPSA) is 76.1 Å². The number of hydrogen-bond donors (Lipinski definition) is 2. The number of aryl methyl sites for hydroxylation is 2. The molecule has 0 bridgehead atoms. The van der Waals surface area contributed by atoms with Crippen molar-refractivity contribution in [2.75, 3.05) is 17.7 Å². The molecule has 3 rings (SSSR count). The first kappa shape index (κ1) is 20.3. The van der Waals surface area contributed by atoms with E-state index in [1.807, 2.05) is 50.2 Å². The zero-order valence-corrected chi connectivity index (χ0v) is 17.4. The monoisotopic (exact) mass is 390 g/mol. The van der Waals surface area contributed by atoms with E-state index >= 15 is 0 Å². The number of nitrogens with one attached hydrogen (secondary N) is 2. The normalized spacial score (nSPS) is 10.7. The number of amides is 1. The van der Waals surface area contributed by atoms with Gasteiger partial charge in [0.15, 0.2) is 0 Å². The Morgan fingerprint density at radius 1 is 1.07 bits per heavy atom. The van der Waals surface area contributed by atoms with Gasteiger partial charge in [-0.25, -0.2) is 9.97 Å². The molecule has 3 aromatic rings. The highest BCUT2D eigenvalue weighted by Gasteiger charge is 2.14. The molecule has 1 amide bonds. The van der Waals surface area contributed by atoms with Crippen LogP contribution in [-0.4, -0.2) is 23.0 Å². The second kappa shape index (κ2) is 8.73. The summed E-state index contributed by atoms with van der Waals surface area (Å²) in [6.07, 6.45) is 3.03. The van der Waals surface area contributed by atoms with Crippen molar-refractivity contribution in [1.82, 2.24) is 9.97 Å². The molecule has 0 aliphatic heterocycles. The molecule has 0 atom stereocenters. The SMILES string of the molecule is COc1ccc(C)cc1Nc1ncc(C(=O)Nc2c(C)cccc2C(C)C)cn1. The fourth-order valence-electron chi connectivity index (χ4n) is 3.08. The predicted octanol–water partition coefficient (Wildman–Crippen LogP) is 5.22. The molecule has 150 valence electrons. The summed E-state index contributed by atoms with van der Waals surface area (Å²) < 4.78 is 5.36. The van der Waals surface area contributed by atoms with Crippen molar-refractivity contribution in [3.8, 4) is 5.75 Å². The van der Waals surface area contributed by atoms with Gasteiger partial charge >= 0.3 is 0 Å². The third kappa shape index (κ3) is 4.71. The average molecular weight is 390 g/mol. The van der Waals surface area contributed by atoms with Gasteiger partial charge in [-0.1, -0.05) is 38.1 Å². The van der Waals surface area contributed by atoms with E-state index < -0.39 is 0 Å². The standard InChI is InChI=1S/C23H26N4O2/c1-14(2)18-8-6-7-16(4)21(18)27-22(28)17-12-24-23(25-13-17)26-19-11-15(3)9-10-20(19)29-5/h6-14H,1-5H3,(H,27,28)(H,24,25,26). The van der Waals surface area contributed by atoms with Crippen LogP contribution in [0.25, 0.3) is 0 Å². The molecule has 0 saturated carbocycles. The summed E-state index contributed by atoms with van der Waals surface area (Å²) in [6.45, 7) is 8.19. The Balaban J connectivity index is 1.78. The molecule has 0 radical (unpaired) electrons. The van der Waals surface area contributed by atoms with Crippen LogP contribution in [-0.2, 0) is 0 Å². The van der Waals surface area contributed by atoms with Gasteiger partial charge in [-0.2, -0.15) is 0 Å². The van der Waals surface area contributed by atoms with E-state index in [0.717, 1.165) is 28.1 Å². The second-order valence-corrected chi connectivity index (χ2v) is 7.27. The summed E-state index contributed by atoms with van der Waals surface area (Å²) in [6, 6.07) is 11.8. The van der Waals surface area contributed by atoms with Crippen molar-refractivity contribution in [2.45, 2.75) is 33.6 Å². The molecule has 0 spiro atoms. The third-order valence-corrected chi connectivity index (χ3v) is 4.68. The molecular formula is C23H26N4O2. The Hall–Kier alpha value is -3.41. The van der Waals surface area contributed by atoms with Gasteiger partial charge < -0.3 is 15.4 Å². The molecule has 29 heavy (non-hydrogen) atoms. The Labute approximate surface area is 171 Å². The molecule has 0 fully saturated rings. The molecule has 6 heteroatoms. The molecule has 1 aromatic heterocycles. The zero-order chi connectivity index (χ0) is 21.0. The van der Waals surface area contributed by atoms with Gasteiger partial charge in [-0.05, 0) is 48.6 Å². The zero-order valence-electron chi connectivity index (χ0n) is 17.4. The van der Waals surface area contributed by atoms with Gasteiger partial charge in [0, 0.05) is 18.1 Å². The number of rotatable bonds is 6. The summed E-state index contributed by atoms with van der Waals surface area (Å²) in [4.78, 5) is 21.3. The van der Waals surface area contributed by atoms with E-state index in [4.69, 9.17) is 4.74 Å². The maximum absolute atomic E-state index is 12.7. The van der Waals surface area contributed by atoms with Crippen LogP contribution in [0.4, 0.5) is 17.3 Å². The Bertz CT molecular complexity index is 1010. The lowest BCUT2D eigenvalue weighted by Crippen LogP contribution is -2.15. The van der Waals surface area contributed by atoms with E-state index in [9.17, 15) is 4.79 Å². The van der Waals surface area contributed by atoms with Gasteiger partial charge in [-0.15, -0.1) is 0 Å². The molecule has 0 saturated heterocycles. The van der Waals surface area contributed by atoms with Crippen molar-refractivity contribution in [3.05, 3.63) is 71.0 Å². The van der Waals surface area contributed by atoms with Crippen LogP contribution in [0.15, 0.2) is 48.8 Å². The highest BCUT2D eigenvalue weighted by atomic mass is 16.5. The average Bonchev–Trinajstić information content (AvgIpc) is 2.70. The minimum absolute atomic E-state index is 0.235. The Morgan fingerprint density at radius 2 is 1.79 bits per heavy atom. The number of para-hydroxylation sites is 1. The van der Waals surface area contributed by atoms with E-state index in [-0.39, 0.29) is 5.91 Å². The molecular weight excluding hydrogens is 364 g/mol. The van der Waals surface area contributed by atoms with E-state index in [1.54, 1.807) is 7.11 Å². The van der Waals surface area contributed by atoms with Gasteiger partial charge in [-0.3, -0.25) is 4.79 Å². The summed E-state index contributed by atoms with van der Waals surface area (Å²) >= 11 is 0. The van der Waals surface area contributed by atoms with Crippen LogP contribution in [0, 0.1) is 13.8 Å². The van der Waals surface area contributed by atoms with Gasteiger partial charge in [0.2, 0.25) is 5.95 Å². The minimum atomic E-state index is -0.235. The van der Waals surface area contributed by atoms with Crippen molar-refractivity contribution in [2.24, 2.45) is 0 Å². The largest absolute Gasteiger partial charge is 0.495 e. The lowest BCUT2D eigenvalue weighted by molar-refractivity contribution is 0.102. The first-order chi connectivity index (χ1) is 13.9. The smallest absolute Gasteiger partial charge is 0.258 e. The summed E-state index contributed by atoms with van der Waals surface area (Å²) in [5, 5.41) is 6.15. The molecule has 0 aliphatic carbocycles. The first-order valence-electron chi connectivity index (χ1n) is 9.53. The number of benzene rings is 2. The summed E-state index contributed by atoms with van der Waals surface area (Å²) in [5.41, 5.74) is 5.22. The number of hydrogen-bond acceptors (Lipinski definition) is 5. The molecule has 0 unspecified atom stereocenters. The van der Waals surface area contributed by atoms with Crippen LogP contribution >= 0.6 is 0 Å². The number of aromatic nitrogens is 2. The quantitative estimate of drug-likeness (QED) is 0.603. The number of carbonyl (C=O) groups is 1. The Kier molecular flexibility index (Phi) is 6.12. The number of anilines is 3. The molecule has 0 aliphatic rings. The van der Waals surface area contributed by atoms with E-state index in [2.05, 4.69) is 34.4 Å². The maximum atomic E-state index is 12.7. The van der Waals surface area contributed by atoms with E-state index in [0.29, 0.717) is 23.2 Å². The lowest BCUT2D eigenvalue weighted by atomic mass is 9.98. The highest BCUT2D eigenvalue weighted by Crippen LogP contribution is 2.29. The number of ether oxygens (including phenoxy) is 1. The fraction of sp³-hybridized carbons (Fsp3) is 0.261. The third-order valence-electron chi connectivity index (χ3n) is 4.68. The molecule has 1 heterocycles. The van der Waals surface area contributed by atoms with Crippen LogP contribution in [0.3, 0.4) is 0 Å². The highest BCUT2D eigenvalue weighted by molar-refractivity contribution is 6.04. The maximum Gasteiger partial charge on any atom is 0.258 e. The van der Waals surface area contributed by atoms with Crippen LogP contribution in [0.1, 0.15) is 46.8 Å². The van der Waals surface area contributed by atoms with Gasteiger partial charge in [0.05, 0.1) is 18.4 Å². The summed E-state index contributed by atoms with van der Waals surface area (Å²) in [5.74, 6) is 1.16. The molecule has 2 N–H and O–H groups in total. The van der Waals surface area contributed by atoms with Crippen molar-refractivity contribution < 1.29 is 9.53 Å². The van der Waals surface area contributed by atoms with Crippen LogP contribution in [0.2, 0.25) is 0 Å². The fourth-order valence-corrected chi connectivity index (χ4v) is 3.08. The molecule has 2 aromatic carbocycles. The number of methoxy groups -OCH3 is 1. The number of nitrogens with zero attached hydrogens (tertiary/aromatic N) is 2. The minimum Gasteiger partial charge on any atom is -0.495 e. The summed E-state index contributed by atoms with van der Waals surface area (Å²) in [7, 11) is 1.61. The van der Waals surface area contributed by atoms with Crippen LogP contribution in [0.5, 0.6) is 5.75 Å². The number of carbonyl (C=O) groups excluding carboxylic acids is 1. The predicted molar refractivity (Wildman–Crippen MR) is 116 cm³/mol. The van der Waals surface area contributed by atoms with Crippen molar-refractivity contribution >= 4 is 23.2 Å². The van der Waals surface area contributed by atoms with Crippen molar-refractivity contribution in [3.63, 3.8) is 0 Å². The van der Waals surface area contributed by atoms with Gasteiger partial charge in [0.1, 0.15) is 5.75 Å². The van der Waals surface area contributed by atoms with Gasteiger partial charge in [0.25, 0.3) is 5.91 Å². The lowest BCUT2D eigenvalue weighted by Gasteiger charge is -2.16. The first-order valence-corrected chi connectivity index (χ1v) is 9.53. The Morgan fingerprint density at radius 3 is 2.45 bits per heavy atom. The van der Waals surface area contributed by atoms with Crippen LogP contribution < -0.4 is 15.4 Å². The molecule has 6 nitrogen and oxygen atoms in total. The van der Waals surface area contributed by atoms with Crippen molar-refractivity contribution in [1.29, 1.82) is 0 Å².